The molecule has 0 aliphatic carbocycles. The summed E-state index contributed by atoms with van der Waals surface area (Å²) >= 11 is 5.50. The van der Waals surface area contributed by atoms with E-state index in [4.69, 9.17) is 9.47 Å². The number of rotatable bonds is 2. The van der Waals surface area contributed by atoms with E-state index in [-0.39, 0.29) is 4.83 Å². The van der Waals surface area contributed by atoms with Gasteiger partial charge in [0.15, 0.2) is 11.5 Å². The average molecular weight is 339 g/mol. The molecular formula is C15H15BrO2S. The minimum atomic E-state index is 0.210. The summed E-state index contributed by atoms with van der Waals surface area (Å²) in [6.07, 6.45) is 0. The van der Waals surface area contributed by atoms with E-state index in [1.807, 2.05) is 6.07 Å². The Hall–Kier alpha value is -1.00. The zero-order valence-electron chi connectivity index (χ0n) is 10.6. The van der Waals surface area contributed by atoms with Crippen molar-refractivity contribution in [2.24, 2.45) is 5.92 Å². The molecule has 0 saturated carbocycles. The van der Waals surface area contributed by atoms with E-state index in [2.05, 4.69) is 52.5 Å². The number of fused-ring (bicyclic) bond motifs is 1. The first-order valence-electron chi connectivity index (χ1n) is 6.31. The van der Waals surface area contributed by atoms with Crippen molar-refractivity contribution in [1.29, 1.82) is 0 Å². The molecule has 0 saturated heterocycles. The molecule has 0 spiro atoms. The Morgan fingerprint density at radius 2 is 2.00 bits per heavy atom. The van der Waals surface area contributed by atoms with Gasteiger partial charge >= 0.3 is 0 Å². The predicted octanol–water partition coefficient (Wildman–Crippen LogP) is 4.64. The van der Waals surface area contributed by atoms with Gasteiger partial charge in [0.05, 0.1) is 18.0 Å². The second kappa shape index (κ2) is 5.55. The van der Waals surface area contributed by atoms with Gasteiger partial charge in [0.2, 0.25) is 0 Å². The standard InChI is InChI=1S/C15H15BrO2S/c1-10-8-17-12-5-4-11(7-13(12)18-9-10)15(16)14-3-2-6-19-14/h2-7,10,15H,8-9H2,1H3. The van der Waals surface area contributed by atoms with E-state index >= 15 is 0 Å². The second-order valence-corrected chi connectivity index (χ2v) is 6.71. The molecule has 2 heterocycles. The number of benzene rings is 1. The van der Waals surface area contributed by atoms with Gasteiger partial charge in [-0.25, -0.2) is 0 Å². The molecule has 100 valence electrons. The van der Waals surface area contributed by atoms with Gasteiger partial charge in [0.25, 0.3) is 0 Å². The lowest BCUT2D eigenvalue weighted by atomic mass is 10.1. The summed E-state index contributed by atoms with van der Waals surface area (Å²) < 4.78 is 11.6. The summed E-state index contributed by atoms with van der Waals surface area (Å²) in [7, 11) is 0. The van der Waals surface area contributed by atoms with Gasteiger partial charge < -0.3 is 9.47 Å². The van der Waals surface area contributed by atoms with Crippen molar-refractivity contribution in [3.05, 3.63) is 46.2 Å². The molecule has 1 aromatic carbocycles. The maximum absolute atomic E-state index is 5.83. The highest BCUT2D eigenvalue weighted by molar-refractivity contribution is 9.09. The minimum Gasteiger partial charge on any atom is -0.489 e. The van der Waals surface area contributed by atoms with E-state index in [0.29, 0.717) is 12.5 Å². The molecule has 0 bridgehead atoms. The molecule has 1 aliphatic heterocycles. The van der Waals surface area contributed by atoms with Crippen LogP contribution in [0.5, 0.6) is 11.5 Å². The van der Waals surface area contributed by atoms with Crippen molar-refractivity contribution in [3.63, 3.8) is 0 Å². The third-order valence-corrected chi connectivity index (χ3v) is 5.36. The molecule has 4 heteroatoms. The zero-order valence-corrected chi connectivity index (χ0v) is 13.0. The SMILES string of the molecule is CC1COc2ccc(C(Br)c3cccs3)cc2OC1. The molecule has 0 fully saturated rings. The molecule has 2 nitrogen and oxygen atoms in total. The van der Waals surface area contributed by atoms with Crippen molar-refractivity contribution in [3.8, 4) is 11.5 Å². The van der Waals surface area contributed by atoms with Gasteiger partial charge in [0, 0.05) is 10.8 Å². The molecule has 3 rings (SSSR count). The van der Waals surface area contributed by atoms with Crippen LogP contribution in [0.25, 0.3) is 0 Å². The summed E-state index contributed by atoms with van der Waals surface area (Å²) in [6.45, 7) is 3.56. The van der Waals surface area contributed by atoms with Gasteiger partial charge in [0.1, 0.15) is 0 Å². The Labute approximate surface area is 125 Å². The van der Waals surface area contributed by atoms with E-state index in [1.54, 1.807) is 11.3 Å². The second-order valence-electron chi connectivity index (χ2n) is 4.81. The Bertz CT molecular complexity index is 553. The maximum Gasteiger partial charge on any atom is 0.161 e. The van der Waals surface area contributed by atoms with Crippen molar-refractivity contribution in [2.75, 3.05) is 13.2 Å². The third kappa shape index (κ3) is 2.79. The lowest BCUT2D eigenvalue weighted by molar-refractivity contribution is 0.228. The van der Waals surface area contributed by atoms with Crippen LogP contribution >= 0.6 is 27.3 Å². The molecule has 2 aromatic rings. The summed E-state index contributed by atoms with van der Waals surface area (Å²) in [4.78, 5) is 1.50. The number of hydrogen-bond acceptors (Lipinski definition) is 3. The average Bonchev–Trinajstić information content (AvgIpc) is 2.90. The predicted molar refractivity (Wildman–Crippen MR) is 81.7 cm³/mol. The fourth-order valence-corrected chi connectivity index (χ4v) is 3.51. The Morgan fingerprint density at radius 3 is 2.74 bits per heavy atom. The third-order valence-electron chi connectivity index (χ3n) is 3.10. The topological polar surface area (TPSA) is 18.5 Å². The quantitative estimate of drug-likeness (QED) is 0.742. The molecular weight excluding hydrogens is 324 g/mol. The number of ether oxygens (including phenoxy) is 2. The van der Waals surface area contributed by atoms with Crippen LogP contribution < -0.4 is 9.47 Å². The largest absolute Gasteiger partial charge is 0.489 e. The monoisotopic (exact) mass is 338 g/mol. The smallest absolute Gasteiger partial charge is 0.161 e. The molecule has 2 unspecified atom stereocenters. The van der Waals surface area contributed by atoms with Crippen molar-refractivity contribution in [1.82, 2.24) is 0 Å². The van der Waals surface area contributed by atoms with Crippen molar-refractivity contribution in [2.45, 2.75) is 11.8 Å². The molecule has 0 amide bonds. The summed E-state index contributed by atoms with van der Waals surface area (Å²) in [5.41, 5.74) is 1.19. The molecule has 1 aliphatic rings. The van der Waals surface area contributed by atoms with Crippen LogP contribution in [-0.2, 0) is 0 Å². The summed E-state index contributed by atoms with van der Waals surface area (Å²) in [5, 5.41) is 2.09. The Morgan fingerprint density at radius 1 is 1.21 bits per heavy atom. The molecule has 0 radical (unpaired) electrons. The minimum absolute atomic E-state index is 0.210. The molecule has 19 heavy (non-hydrogen) atoms. The van der Waals surface area contributed by atoms with Gasteiger partial charge in [-0.3, -0.25) is 0 Å². The normalized spacial score (nSPS) is 19.8. The molecule has 2 atom stereocenters. The first kappa shape index (κ1) is 13.0. The molecule has 1 aromatic heterocycles. The number of hydrogen-bond donors (Lipinski definition) is 0. The van der Waals surface area contributed by atoms with Gasteiger partial charge in [-0.05, 0) is 29.1 Å². The zero-order chi connectivity index (χ0) is 13.2. The van der Waals surface area contributed by atoms with Crippen LogP contribution in [-0.4, -0.2) is 13.2 Å². The van der Waals surface area contributed by atoms with E-state index < -0.39 is 0 Å². The highest BCUT2D eigenvalue weighted by Gasteiger charge is 2.18. The maximum atomic E-state index is 5.83. The number of alkyl halides is 1. The fraction of sp³-hybridized carbons (Fsp3) is 0.333. The van der Waals surface area contributed by atoms with E-state index in [9.17, 15) is 0 Å². The lowest BCUT2D eigenvalue weighted by Crippen LogP contribution is -2.12. The fourth-order valence-electron chi connectivity index (χ4n) is 2.03. The van der Waals surface area contributed by atoms with Crippen LogP contribution in [0, 0.1) is 5.92 Å². The molecule has 0 N–H and O–H groups in total. The number of halogens is 1. The Balaban J connectivity index is 1.89. The van der Waals surface area contributed by atoms with Gasteiger partial charge in [-0.2, -0.15) is 0 Å². The van der Waals surface area contributed by atoms with Crippen LogP contribution in [0.15, 0.2) is 35.7 Å². The highest BCUT2D eigenvalue weighted by Crippen LogP contribution is 2.39. The first-order chi connectivity index (χ1) is 9.24. The van der Waals surface area contributed by atoms with Crippen molar-refractivity contribution >= 4 is 27.3 Å². The van der Waals surface area contributed by atoms with Crippen LogP contribution in [0.2, 0.25) is 0 Å². The van der Waals surface area contributed by atoms with Crippen LogP contribution in [0.3, 0.4) is 0 Å². The number of thiophene rings is 1. The first-order valence-corrected chi connectivity index (χ1v) is 8.10. The highest BCUT2D eigenvalue weighted by atomic mass is 79.9. The van der Waals surface area contributed by atoms with E-state index in [1.165, 1.54) is 10.4 Å². The Kier molecular flexibility index (Phi) is 3.80. The van der Waals surface area contributed by atoms with Crippen molar-refractivity contribution < 1.29 is 9.47 Å². The van der Waals surface area contributed by atoms with Crippen LogP contribution in [0.4, 0.5) is 0 Å². The van der Waals surface area contributed by atoms with Crippen LogP contribution in [0.1, 0.15) is 22.2 Å². The van der Waals surface area contributed by atoms with Gasteiger partial charge in [-0.15, -0.1) is 11.3 Å². The summed E-state index contributed by atoms with van der Waals surface area (Å²) in [6, 6.07) is 10.4. The van der Waals surface area contributed by atoms with E-state index in [0.717, 1.165) is 18.1 Å². The summed E-state index contributed by atoms with van der Waals surface area (Å²) in [5.74, 6) is 2.12. The lowest BCUT2D eigenvalue weighted by Gasteiger charge is -2.12. The van der Waals surface area contributed by atoms with Gasteiger partial charge in [-0.1, -0.05) is 35.0 Å².